The van der Waals surface area contributed by atoms with Gasteiger partial charge in [0, 0.05) is 30.1 Å². The van der Waals surface area contributed by atoms with Crippen LogP contribution in [0.1, 0.15) is 18.5 Å². The minimum atomic E-state index is 0.307. The number of ether oxygens (including phenoxy) is 1. The summed E-state index contributed by atoms with van der Waals surface area (Å²) >= 11 is 3.47. The van der Waals surface area contributed by atoms with E-state index in [1.807, 2.05) is 0 Å². The number of likely N-dealkylation sites (N-methyl/N-ethyl adjacent to an activating group) is 1. The van der Waals surface area contributed by atoms with E-state index in [9.17, 15) is 0 Å². The molecular weight excluding hydrogens is 292 g/mol. The summed E-state index contributed by atoms with van der Waals surface area (Å²) in [6.07, 6.45) is 0.307. The first-order valence-electron chi connectivity index (χ1n) is 6.45. The first-order chi connectivity index (χ1) is 8.66. The monoisotopic (exact) mass is 312 g/mol. The molecule has 100 valence electrons. The fourth-order valence-electron chi connectivity index (χ4n) is 2.21. The van der Waals surface area contributed by atoms with Crippen LogP contribution in [0.5, 0.6) is 0 Å². The van der Waals surface area contributed by atoms with E-state index in [1.165, 1.54) is 5.56 Å². The Hall–Kier alpha value is -0.420. The Labute approximate surface area is 118 Å². The summed E-state index contributed by atoms with van der Waals surface area (Å²) in [6, 6.07) is 8.94. The minimum Gasteiger partial charge on any atom is -0.374 e. The second-order valence-corrected chi connectivity index (χ2v) is 5.78. The third-order valence-electron chi connectivity index (χ3n) is 3.51. The third-order valence-corrected chi connectivity index (χ3v) is 4.04. The molecule has 4 heteroatoms. The van der Waals surface area contributed by atoms with Gasteiger partial charge in [0.15, 0.2) is 0 Å². The number of hydrogen-bond donors (Lipinski definition) is 1. The Kier molecular flexibility index (Phi) is 5.18. The largest absolute Gasteiger partial charge is 0.374 e. The summed E-state index contributed by atoms with van der Waals surface area (Å²) in [7, 11) is 2.16. The van der Waals surface area contributed by atoms with Crippen LogP contribution in [0.2, 0.25) is 0 Å². The number of morpholine rings is 1. The van der Waals surface area contributed by atoms with E-state index >= 15 is 0 Å². The molecule has 0 bridgehead atoms. The highest BCUT2D eigenvalue weighted by Crippen LogP contribution is 2.21. The van der Waals surface area contributed by atoms with Gasteiger partial charge in [-0.25, -0.2) is 0 Å². The maximum Gasteiger partial charge on any atom is 0.0826 e. The molecule has 1 aromatic rings. The zero-order valence-corrected chi connectivity index (χ0v) is 12.6. The Morgan fingerprint density at radius 3 is 2.78 bits per heavy atom. The Balaban J connectivity index is 1.91. The van der Waals surface area contributed by atoms with Crippen molar-refractivity contribution in [2.24, 2.45) is 0 Å². The van der Waals surface area contributed by atoms with Crippen LogP contribution in [-0.4, -0.2) is 44.3 Å². The van der Waals surface area contributed by atoms with Crippen molar-refractivity contribution in [1.82, 2.24) is 10.2 Å². The number of hydrogen-bond acceptors (Lipinski definition) is 3. The maximum absolute atomic E-state index is 5.74. The molecule has 1 heterocycles. The Bertz CT molecular complexity index is 363. The topological polar surface area (TPSA) is 24.5 Å². The molecule has 0 aromatic heterocycles. The van der Waals surface area contributed by atoms with Gasteiger partial charge in [-0.05, 0) is 31.7 Å². The lowest BCUT2D eigenvalue weighted by molar-refractivity contribution is 0.00393. The molecule has 0 spiro atoms. The van der Waals surface area contributed by atoms with Crippen LogP contribution in [0.25, 0.3) is 0 Å². The fraction of sp³-hybridized carbons (Fsp3) is 0.571. The van der Waals surface area contributed by atoms with Crippen LogP contribution < -0.4 is 5.32 Å². The molecule has 3 nitrogen and oxygen atoms in total. The highest BCUT2D eigenvalue weighted by atomic mass is 79.9. The van der Waals surface area contributed by atoms with Crippen LogP contribution in [0.15, 0.2) is 28.7 Å². The summed E-state index contributed by atoms with van der Waals surface area (Å²) in [6.45, 7) is 5.95. The van der Waals surface area contributed by atoms with Gasteiger partial charge in [-0.3, -0.25) is 4.90 Å². The maximum atomic E-state index is 5.74. The fourth-order valence-corrected chi connectivity index (χ4v) is 2.48. The average molecular weight is 313 g/mol. The van der Waals surface area contributed by atoms with E-state index in [2.05, 4.69) is 64.4 Å². The summed E-state index contributed by atoms with van der Waals surface area (Å²) in [5, 5.41) is 3.37. The lowest BCUT2D eigenvalue weighted by Gasteiger charge is -2.31. The highest BCUT2D eigenvalue weighted by Gasteiger charge is 2.19. The SMILES string of the molecule is CC(c1ccc(Br)cc1)N(C)CC1CNCCO1. The molecule has 1 N–H and O–H groups in total. The van der Waals surface area contributed by atoms with E-state index in [0.717, 1.165) is 30.7 Å². The van der Waals surface area contributed by atoms with Gasteiger partial charge in [0.25, 0.3) is 0 Å². The molecule has 1 saturated heterocycles. The number of nitrogens with zero attached hydrogens (tertiary/aromatic N) is 1. The van der Waals surface area contributed by atoms with Gasteiger partial charge in [-0.1, -0.05) is 28.1 Å². The molecule has 2 rings (SSSR count). The molecule has 0 saturated carbocycles. The lowest BCUT2D eigenvalue weighted by atomic mass is 10.1. The standard InChI is InChI=1S/C14H21BrN2O/c1-11(12-3-5-13(15)6-4-12)17(2)10-14-9-16-7-8-18-14/h3-6,11,14,16H,7-10H2,1-2H3. The number of nitrogens with one attached hydrogen (secondary N) is 1. The van der Waals surface area contributed by atoms with E-state index in [1.54, 1.807) is 0 Å². The van der Waals surface area contributed by atoms with E-state index in [4.69, 9.17) is 4.74 Å². The van der Waals surface area contributed by atoms with Crippen molar-refractivity contribution < 1.29 is 4.74 Å². The van der Waals surface area contributed by atoms with Gasteiger partial charge in [0.1, 0.15) is 0 Å². The smallest absolute Gasteiger partial charge is 0.0826 e. The first-order valence-corrected chi connectivity index (χ1v) is 7.24. The van der Waals surface area contributed by atoms with Crippen molar-refractivity contribution in [3.63, 3.8) is 0 Å². The number of benzene rings is 1. The van der Waals surface area contributed by atoms with Crippen LogP contribution >= 0.6 is 15.9 Å². The van der Waals surface area contributed by atoms with Gasteiger partial charge < -0.3 is 10.1 Å². The predicted octanol–water partition coefficient (Wildman–Crippen LogP) is 2.43. The quantitative estimate of drug-likeness (QED) is 0.924. The molecule has 18 heavy (non-hydrogen) atoms. The van der Waals surface area contributed by atoms with Crippen LogP contribution in [0.4, 0.5) is 0 Å². The van der Waals surface area contributed by atoms with Gasteiger partial charge in [0.05, 0.1) is 12.7 Å². The lowest BCUT2D eigenvalue weighted by Crippen LogP contribution is -2.44. The van der Waals surface area contributed by atoms with Crippen LogP contribution in [0, 0.1) is 0 Å². The molecule has 2 unspecified atom stereocenters. The molecule has 1 fully saturated rings. The first kappa shape index (κ1) is 14.0. The molecule has 0 amide bonds. The Morgan fingerprint density at radius 1 is 1.44 bits per heavy atom. The van der Waals surface area contributed by atoms with Crippen molar-refractivity contribution >= 4 is 15.9 Å². The molecular formula is C14H21BrN2O. The van der Waals surface area contributed by atoms with Crippen molar-refractivity contribution in [3.8, 4) is 0 Å². The molecule has 0 radical (unpaired) electrons. The normalized spacial score (nSPS) is 22.1. The second-order valence-electron chi connectivity index (χ2n) is 4.86. The second kappa shape index (κ2) is 6.66. The van der Waals surface area contributed by atoms with Crippen molar-refractivity contribution in [3.05, 3.63) is 34.3 Å². The highest BCUT2D eigenvalue weighted by molar-refractivity contribution is 9.10. The van der Waals surface area contributed by atoms with Crippen LogP contribution in [0.3, 0.4) is 0 Å². The predicted molar refractivity (Wildman–Crippen MR) is 77.8 cm³/mol. The molecule has 0 aliphatic carbocycles. The zero-order valence-electron chi connectivity index (χ0n) is 11.0. The van der Waals surface area contributed by atoms with Gasteiger partial charge in [-0.2, -0.15) is 0 Å². The van der Waals surface area contributed by atoms with E-state index < -0.39 is 0 Å². The summed E-state index contributed by atoms with van der Waals surface area (Å²) in [5.41, 5.74) is 1.34. The van der Waals surface area contributed by atoms with Crippen molar-refractivity contribution in [2.75, 3.05) is 33.3 Å². The molecule has 1 aromatic carbocycles. The number of halogens is 1. The van der Waals surface area contributed by atoms with Crippen molar-refractivity contribution in [2.45, 2.75) is 19.1 Å². The minimum absolute atomic E-state index is 0.307. The van der Waals surface area contributed by atoms with E-state index in [-0.39, 0.29) is 0 Å². The molecule has 2 atom stereocenters. The molecule has 1 aliphatic rings. The average Bonchev–Trinajstić information content (AvgIpc) is 2.40. The Morgan fingerprint density at radius 2 is 2.17 bits per heavy atom. The molecule has 1 aliphatic heterocycles. The van der Waals surface area contributed by atoms with Crippen molar-refractivity contribution in [1.29, 1.82) is 0 Å². The third kappa shape index (κ3) is 3.79. The number of rotatable bonds is 4. The van der Waals surface area contributed by atoms with Gasteiger partial charge >= 0.3 is 0 Å². The van der Waals surface area contributed by atoms with Gasteiger partial charge in [-0.15, -0.1) is 0 Å². The summed E-state index contributed by atoms with van der Waals surface area (Å²) in [4.78, 5) is 2.35. The van der Waals surface area contributed by atoms with E-state index in [0.29, 0.717) is 12.1 Å². The summed E-state index contributed by atoms with van der Waals surface area (Å²) in [5.74, 6) is 0. The van der Waals surface area contributed by atoms with Crippen LogP contribution in [-0.2, 0) is 4.74 Å². The summed E-state index contributed by atoms with van der Waals surface area (Å²) < 4.78 is 6.87. The van der Waals surface area contributed by atoms with Gasteiger partial charge in [0.2, 0.25) is 0 Å². The zero-order chi connectivity index (χ0) is 13.0.